The average Bonchev–Trinajstić information content (AvgIpc) is 3.02. The number of aldehydes is 1. The number of H-pyrrole nitrogens is 1. The van der Waals surface area contributed by atoms with Gasteiger partial charge in [0, 0.05) is 24.0 Å². The van der Waals surface area contributed by atoms with Crippen molar-refractivity contribution in [3.05, 3.63) is 47.3 Å². The summed E-state index contributed by atoms with van der Waals surface area (Å²) in [5.41, 5.74) is 3.57. The van der Waals surface area contributed by atoms with Gasteiger partial charge in [0.1, 0.15) is 5.82 Å². The zero-order valence-corrected chi connectivity index (χ0v) is 14.1. The number of benzene rings is 1. The second-order valence-electron chi connectivity index (χ2n) is 5.32. The van der Waals surface area contributed by atoms with E-state index >= 15 is 0 Å². The first-order valence-electron chi connectivity index (χ1n) is 7.55. The Labute approximate surface area is 143 Å². The number of hydrogen-bond donors (Lipinski definition) is 3. The fourth-order valence-corrected chi connectivity index (χ4v) is 2.84. The molecule has 0 atom stereocenters. The van der Waals surface area contributed by atoms with Crippen LogP contribution in [0.15, 0.2) is 35.6 Å². The van der Waals surface area contributed by atoms with Gasteiger partial charge in [0.05, 0.1) is 12.1 Å². The molecule has 6 nitrogen and oxygen atoms in total. The average molecular weight is 342 g/mol. The van der Waals surface area contributed by atoms with Crippen LogP contribution in [0.1, 0.15) is 21.6 Å². The molecule has 2 heterocycles. The summed E-state index contributed by atoms with van der Waals surface area (Å²) in [6, 6.07) is 8.14. The molecule has 0 aliphatic rings. The van der Waals surface area contributed by atoms with Crippen molar-refractivity contribution in [3.8, 4) is 0 Å². The normalized spacial score (nSPS) is 10.9. The van der Waals surface area contributed by atoms with Crippen molar-refractivity contribution in [3.63, 3.8) is 0 Å². The minimum atomic E-state index is 0.143. The van der Waals surface area contributed by atoms with Crippen molar-refractivity contribution in [2.45, 2.75) is 18.1 Å². The SMILES string of the molecule is CSc1ncc(C=O)c(NCc2cc3cc(CCO)ccc3[nH]2)n1. The molecule has 0 saturated heterocycles. The third-order valence-electron chi connectivity index (χ3n) is 3.69. The summed E-state index contributed by atoms with van der Waals surface area (Å²) in [6.45, 7) is 0.667. The number of nitrogens with zero attached hydrogens (tertiary/aromatic N) is 2. The standard InChI is InChI=1S/C17H18N4O2S/c1-24-17-19-8-13(10-23)16(21-17)18-9-14-7-12-6-11(4-5-22)2-3-15(12)20-14/h2-3,6-8,10,20,22H,4-5,9H2,1H3,(H,18,19,21). The molecule has 1 aromatic carbocycles. The maximum absolute atomic E-state index is 11.1. The van der Waals surface area contributed by atoms with Crippen LogP contribution in [0.25, 0.3) is 10.9 Å². The van der Waals surface area contributed by atoms with Crippen LogP contribution in [0.3, 0.4) is 0 Å². The molecule has 0 fully saturated rings. The zero-order valence-electron chi connectivity index (χ0n) is 13.2. The molecule has 3 rings (SSSR count). The van der Waals surface area contributed by atoms with Crippen LogP contribution in [-0.4, -0.2) is 39.2 Å². The van der Waals surface area contributed by atoms with Crippen LogP contribution in [-0.2, 0) is 13.0 Å². The molecular weight excluding hydrogens is 324 g/mol. The predicted octanol–water partition coefficient (Wildman–Crippen LogP) is 2.64. The first-order valence-corrected chi connectivity index (χ1v) is 8.77. The molecule has 0 amide bonds. The number of carbonyl (C=O) groups is 1. The number of fused-ring (bicyclic) bond motifs is 1. The Morgan fingerprint density at radius 2 is 2.25 bits per heavy atom. The molecule has 0 unspecified atom stereocenters. The third kappa shape index (κ3) is 3.58. The van der Waals surface area contributed by atoms with E-state index in [4.69, 9.17) is 5.11 Å². The number of nitrogens with one attached hydrogen (secondary N) is 2. The van der Waals surface area contributed by atoms with Gasteiger partial charge < -0.3 is 15.4 Å². The molecule has 7 heteroatoms. The van der Waals surface area contributed by atoms with Crippen molar-refractivity contribution in [2.24, 2.45) is 0 Å². The van der Waals surface area contributed by atoms with Crippen LogP contribution in [0.2, 0.25) is 0 Å². The molecule has 0 aliphatic carbocycles. The van der Waals surface area contributed by atoms with Crippen LogP contribution >= 0.6 is 11.8 Å². The van der Waals surface area contributed by atoms with Gasteiger partial charge in [0.25, 0.3) is 0 Å². The summed E-state index contributed by atoms with van der Waals surface area (Å²) in [5.74, 6) is 0.531. The monoisotopic (exact) mass is 342 g/mol. The molecule has 24 heavy (non-hydrogen) atoms. The van der Waals surface area contributed by atoms with Gasteiger partial charge in [-0.3, -0.25) is 4.79 Å². The Kier molecular flexibility index (Phi) is 5.12. The summed E-state index contributed by atoms with van der Waals surface area (Å²) in [6.07, 6.45) is 4.82. The number of hydrogen-bond acceptors (Lipinski definition) is 6. The molecule has 0 saturated carbocycles. The topological polar surface area (TPSA) is 90.9 Å². The van der Waals surface area contributed by atoms with E-state index in [0.717, 1.165) is 28.4 Å². The number of thioether (sulfide) groups is 1. The Morgan fingerprint density at radius 1 is 1.38 bits per heavy atom. The Balaban J connectivity index is 1.79. The summed E-state index contributed by atoms with van der Waals surface area (Å²) in [5, 5.41) is 13.9. The van der Waals surface area contributed by atoms with E-state index in [9.17, 15) is 4.79 Å². The minimum Gasteiger partial charge on any atom is -0.396 e. The van der Waals surface area contributed by atoms with Gasteiger partial charge in [-0.1, -0.05) is 17.8 Å². The highest BCUT2D eigenvalue weighted by atomic mass is 32.2. The van der Waals surface area contributed by atoms with Crippen molar-refractivity contribution in [1.29, 1.82) is 0 Å². The van der Waals surface area contributed by atoms with E-state index in [0.29, 0.717) is 29.5 Å². The Morgan fingerprint density at radius 3 is 3.00 bits per heavy atom. The van der Waals surface area contributed by atoms with Gasteiger partial charge in [-0.15, -0.1) is 0 Å². The van der Waals surface area contributed by atoms with Crippen molar-refractivity contribution in [2.75, 3.05) is 18.2 Å². The number of aliphatic hydroxyl groups excluding tert-OH is 1. The lowest BCUT2D eigenvalue weighted by atomic mass is 10.1. The molecule has 0 aliphatic heterocycles. The predicted molar refractivity (Wildman–Crippen MR) is 95.6 cm³/mol. The van der Waals surface area contributed by atoms with Crippen LogP contribution in [0.5, 0.6) is 0 Å². The van der Waals surface area contributed by atoms with Gasteiger partial charge in [-0.05, 0) is 41.8 Å². The zero-order chi connectivity index (χ0) is 16.9. The van der Waals surface area contributed by atoms with Gasteiger partial charge in [-0.25, -0.2) is 9.97 Å². The van der Waals surface area contributed by atoms with E-state index in [1.54, 1.807) is 0 Å². The summed E-state index contributed by atoms with van der Waals surface area (Å²) < 4.78 is 0. The summed E-state index contributed by atoms with van der Waals surface area (Å²) in [7, 11) is 0. The number of aromatic nitrogens is 3. The minimum absolute atomic E-state index is 0.143. The first kappa shape index (κ1) is 16.5. The highest BCUT2D eigenvalue weighted by Gasteiger charge is 2.07. The van der Waals surface area contributed by atoms with E-state index in [1.165, 1.54) is 18.0 Å². The molecule has 3 N–H and O–H groups in total. The van der Waals surface area contributed by atoms with Crippen LogP contribution in [0.4, 0.5) is 5.82 Å². The molecular formula is C17H18N4O2S. The van der Waals surface area contributed by atoms with Crippen molar-refractivity contribution < 1.29 is 9.90 Å². The smallest absolute Gasteiger partial charge is 0.189 e. The van der Waals surface area contributed by atoms with E-state index < -0.39 is 0 Å². The third-order valence-corrected chi connectivity index (χ3v) is 4.25. The maximum atomic E-state index is 11.1. The number of rotatable bonds is 7. The first-order chi connectivity index (χ1) is 11.7. The molecule has 2 aromatic heterocycles. The number of anilines is 1. The quantitative estimate of drug-likeness (QED) is 0.347. The summed E-state index contributed by atoms with van der Waals surface area (Å²) in [4.78, 5) is 22.9. The number of carbonyl (C=O) groups excluding carboxylic acids is 1. The lowest BCUT2D eigenvalue weighted by Gasteiger charge is -2.07. The lowest BCUT2D eigenvalue weighted by molar-refractivity contribution is 0.112. The highest BCUT2D eigenvalue weighted by Crippen LogP contribution is 2.20. The van der Waals surface area contributed by atoms with E-state index in [2.05, 4.69) is 32.4 Å². The van der Waals surface area contributed by atoms with Crippen LogP contribution < -0.4 is 5.32 Å². The lowest BCUT2D eigenvalue weighted by Crippen LogP contribution is -2.06. The number of aromatic amines is 1. The Bertz CT molecular complexity index is 863. The highest BCUT2D eigenvalue weighted by molar-refractivity contribution is 7.98. The molecule has 0 spiro atoms. The van der Waals surface area contributed by atoms with Gasteiger partial charge in [0.15, 0.2) is 11.4 Å². The van der Waals surface area contributed by atoms with Gasteiger partial charge in [0.2, 0.25) is 0 Å². The molecule has 0 bridgehead atoms. The molecule has 3 aromatic rings. The fourth-order valence-electron chi connectivity index (χ4n) is 2.50. The molecule has 0 radical (unpaired) electrons. The summed E-state index contributed by atoms with van der Waals surface area (Å²) >= 11 is 1.43. The fraction of sp³-hybridized carbons (Fsp3) is 0.235. The van der Waals surface area contributed by atoms with Gasteiger partial charge >= 0.3 is 0 Å². The van der Waals surface area contributed by atoms with Crippen molar-refractivity contribution >= 4 is 34.8 Å². The number of aliphatic hydroxyl groups is 1. The van der Waals surface area contributed by atoms with Gasteiger partial charge in [-0.2, -0.15) is 0 Å². The van der Waals surface area contributed by atoms with E-state index in [1.807, 2.05) is 18.4 Å². The Hall–Kier alpha value is -2.38. The second kappa shape index (κ2) is 7.46. The van der Waals surface area contributed by atoms with E-state index in [-0.39, 0.29) is 6.61 Å². The largest absolute Gasteiger partial charge is 0.396 e. The van der Waals surface area contributed by atoms with Crippen molar-refractivity contribution in [1.82, 2.24) is 15.0 Å². The maximum Gasteiger partial charge on any atom is 0.189 e. The molecule has 124 valence electrons. The van der Waals surface area contributed by atoms with Crippen LogP contribution in [0, 0.1) is 0 Å². The second-order valence-corrected chi connectivity index (χ2v) is 6.10.